The van der Waals surface area contributed by atoms with Gasteiger partial charge in [-0.25, -0.2) is 0 Å². The quantitative estimate of drug-likeness (QED) is 0.836. The van der Waals surface area contributed by atoms with Crippen molar-refractivity contribution in [3.8, 4) is 0 Å². The monoisotopic (exact) mass is 379 g/mol. The van der Waals surface area contributed by atoms with Gasteiger partial charge in [-0.2, -0.15) is 0 Å². The minimum atomic E-state index is -0.175. The van der Waals surface area contributed by atoms with Crippen LogP contribution in [0.1, 0.15) is 36.8 Å². The summed E-state index contributed by atoms with van der Waals surface area (Å²) < 4.78 is 0. The maximum absolute atomic E-state index is 13.3. The Morgan fingerprint density at radius 1 is 1.04 bits per heavy atom. The van der Waals surface area contributed by atoms with Gasteiger partial charge >= 0.3 is 0 Å². The SMILES string of the molecule is C[C@@H](c1ccccc1)[C@@H](CN)C(=O)N1CCC(c2ccccc2)(N(C)C)CC1. The van der Waals surface area contributed by atoms with Gasteiger partial charge in [0.15, 0.2) is 0 Å². The fourth-order valence-corrected chi connectivity index (χ4v) is 4.58. The molecule has 2 atom stereocenters. The van der Waals surface area contributed by atoms with Gasteiger partial charge in [0.25, 0.3) is 0 Å². The molecule has 0 aliphatic carbocycles. The normalized spacial score (nSPS) is 18.7. The van der Waals surface area contributed by atoms with E-state index in [9.17, 15) is 4.79 Å². The lowest BCUT2D eigenvalue weighted by atomic mass is 9.79. The Morgan fingerprint density at radius 2 is 1.57 bits per heavy atom. The van der Waals surface area contributed by atoms with E-state index < -0.39 is 0 Å². The molecule has 0 radical (unpaired) electrons. The average Bonchev–Trinajstić information content (AvgIpc) is 2.75. The number of carbonyl (C=O) groups is 1. The number of rotatable bonds is 6. The first kappa shape index (κ1) is 20.6. The van der Waals surface area contributed by atoms with Gasteiger partial charge in [-0.1, -0.05) is 67.6 Å². The van der Waals surface area contributed by atoms with E-state index in [4.69, 9.17) is 5.73 Å². The van der Waals surface area contributed by atoms with Gasteiger partial charge in [-0.05, 0) is 44.0 Å². The highest BCUT2D eigenvalue weighted by Crippen LogP contribution is 2.38. The topological polar surface area (TPSA) is 49.6 Å². The number of piperidine rings is 1. The summed E-state index contributed by atoms with van der Waals surface area (Å²) >= 11 is 0. The van der Waals surface area contributed by atoms with Crippen molar-refractivity contribution in [1.82, 2.24) is 9.80 Å². The second-order valence-electron chi connectivity index (χ2n) is 8.16. The fraction of sp³-hybridized carbons (Fsp3) is 0.458. The summed E-state index contributed by atoms with van der Waals surface area (Å²) in [6.45, 7) is 4.03. The molecule has 2 N–H and O–H groups in total. The molecule has 0 bridgehead atoms. The van der Waals surface area contributed by atoms with E-state index in [2.05, 4.69) is 68.4 Å². The van der Waals surface area contributed by atoms with Crippen LogP contribution in [0, 0.1) is 5.92 Å². The van der Waals surface area contributed by atoms with Crippen molar-refractivity contribution in [2.75, 3.05) is 33.7 Å². The smallest absolute Gasteiger partial charge is 0.227 e. The van der Waals surface area contributed by atoms with Crippen molar-refractivity contribution in [2.24, 2.45) is 11.7 Å². The van der Waals surface area contributed by atoms with Crippen LogP contribution in [0.3, 0.4) is 0 Å². The molecule has 2 aromatic rings. The van der Waals surface area contributed by atoms with Crippen LogP contribution >= 0.6 is 0 Å². The highest BCUT2D eigenvalue weighted by Gasteiger charge is 2.40. The molecule has 28 heavy (non-hydrogen) atoms. The van der Waals surface area contributed by atoms with Crippen LogP contribution in [0.4, 0.5) is 0 Å². The second-order valence-corrected chi connectivity index (χ2v) is 8.16. The minimum Gasteiger partial charge on any atom is -0.342 e. The molecule has 0 saturated carbocycles. The van der Waals surface area contributed by atoms with Crippen molar-refractivity contribution in [3.05, 3.63) is 71.8 Å². The van der Waals surface area contributed by atoms with Crippen molar-refractivity contribution < 1.29 is 4.79 Å². The van der Waals surface area contributed by atoms with E-state index in [-0.39, 0.29) is 23.3 Å². The summed E-state index contributed by atoms with van der Waals surface area (Å²) in [5, 5.41) is 0. The summed E-state index contributed by atoms with van der Waals surface area (Å²) in [4.78, 5) is 17.6. The Kier molecular flexibility index (Phi) is 6.53. The summed E-state index contributed by atoms with van der Waals surface area (Å²) in [6.07, 6.45) is 1.87. The van der Waals surface area contributed by atoms with Gasteiger partial charge in [0, 0.05) is 25.2 Å². The van der Waals surface area contributed by atoms with Crippen molar-refractivity contribution in [2.45, 2.75) is 31.2 Å². The first-order valence-corrected chi connectivity index (χ1v) is 10.3. The predicted molar refractivity (Wildman–Crippen MR) is 115 cm³/mol. The Labute approximate surface area is 169 Å². The van der Waals surface area contributed by atoms with Gasteiger partial charge < -0.3 is 10.6 Å². The van der Waals surface area contributed by atoms with Crippen LogP contribution in [0.2, 0.25) is 0 Å². The van der Waals surface area contributed by atoms with Crippen LogP contribution in [-0.2, 0) is 10.3 Å². The number of nitrogens with two attached hydrogens (primary N) is 1. The number of amides is 1. The van der Waals surface area contributed by atoms with Crippen LogP contribution in [0.15, 0.2) is 60.7 Å². The zero-order valence-corrected chi connectivity index (χ0v) is 17.3. The molecule has 2 aromatic carbocycles. The molecule has 1 amide bonds. The fourth-order valence-electron chi connectivity index (χ4n) is 4.58. The van der Waals surface area contributed by atoms with E-state index in [0.29, 0.717) is 6.54 Å². The van der Waals surface area contributed by atoms with E-state index in [0.717, 1.165) is 25.9 Å². The third kappa shape index (κ3) is 3.98. The van der Waals surface area contributed by atoms with Crippen LogP contribution in [-0.4, -0.2) is 49.4 Å². The van der Waals surface area contributed by atoms with E-state index >= 15 is 0 Å². The number of carbonyl (C=O) groups excluding carboxylic acids is 1. The van der Waals surface area contributed by atoms with Gasteiger partial charge in [-0.15, -0.1) is 0 Å². The molecule has 4 heteroatoms. The molecular formula is C24H33N3O. The minimum absolute atomic E-state index is 0.0126. The highest BCUT2D eigenvalue weighted by molar-refractivity contribution is 5.80. The lowest BCUT2D eigenvalue weighted by molar-refractivity contribution is -0.138. The molecule has 4 nitrogen and oxygen atoms in total. The number of nitrogens with zero attached hydrogens (tertiary/aromatic N) is 2. The zero-order chi connectivity index (χ0) is 20.1. The maximum atomic E-state index is 13.3. The summed E-state index contributed by atoms with van der Waals surface area (Å²) in [5.74, 6) is 0.138. The Hall–Kier alpha value is -2.17. The summed E-state index contributed by atoms with van der Waals surface area (Å²) in [7, 11) is 4.29. The molecule has 1 heterocycles. The van der Waals surface area contributed by atoms with Gasteiger partial charge in [0.2, 0.25) is 5.91 Å². The maximum Gasteiger partial charge on any atom is 0.227 e. The average molecular weight is 380 g/mol. The van der Waals surface area contributed by atoms with Crippen molar-refractivity contribution in [1.29, 1.82) is 0 Å². The third-order valence-corrected chi connectivity index (χ3v) is 6.57. The molecule has 1 aliphatic rings. The third-order valence-electron chi connectivity index (χ3n) is 6.57. The number of likely N-dealkylation sites (tertiary alicyclic amines) is 1. The Balaban J connectivity index is 1.73. The van der Waals surface area contributed by atoms with E-state index in [1.54, 1.807) is 0 Å². The molecule has 1 fully saturated rings. The van der Waals surface area contributed by atoms with Crippen molar-refractivity contribution >= 4 is 5.91 Å². The molecule has 150 valence electrons. The standard InChI is InChI=1S/C24H33N3O/c1-19(20-10-6-4-7-11-20)22(18-25)23(28)27-16-14-24(15-17-27,26(2)3)21-12-8-5-9-13-21/h4-13,19,22H,14-18,25H2,1-3H3/t19-,22+/m0/s1. The number of hydrogen-bond donors (Lipinski definition) is 1. The Morgan fingerprint density at radius 3 is 2.07 bits per heavy atom. The highest BCUT2D eigenvalue weighted by atomic mass is 16.2. The van der Waals surface area contributed by atoms with Crippen LogP contribution in [0.5, 0.6) is 0 Å². The first-order valence-electron chi connectivity index (χ1n) is 10.3. The molecule has 1 saturated heterocycles. The summed E-state index contributed by atoms with van der Waals surface area (Å²) in [6, 6.07) is 20.9. The van der Waals surface area contributed by atoms with Crippen LogP contribution < -0.4 is 5.73 Å². The van der Waals surface area contributed by atoms with Gasteiger partial charge in [0.05, 0.1) is 5.92 Å². The molecule has 3 rings (SSSR count). The first-order chi connectivity index (χ1) is 13.5. The molecular weight excluding hydrogens is 346 g/mol. The molecule has 1 aliphatic heterocycles. The second kappa shape index (κ2) is 8.89. The van der Waals surface area contributed by atoms with Gasteiger partial charge in [0.1, 0.15) is 0 Å². The largest absolute Gasteiger partial charge is 0.342 e. The molecule has 0 aromatic heterocycles. The van der Waals surface area contributed by atoms with Crippen molar-refractivity contribution in [3.63, 3.8) is 0 Å². The van der Waals surface area contributed by atoms with Crippen LogP contribution in [0.25, 0.3) is 0 Å². The predicted octanol–water partition coefficient (Wildman–Crippen LogP) is 3.44. The zero-order valence-electron chi connectivity index (χ0n) is 17.3. The number of hydrogen-bond acceptors (Lipinski definition) is 3. The molecule has 0 spiro atoms. The summed E-state index contributed by atoms with van der Waals surface area (Å²) in [5.41, 5.74) is 8.55. The number of benzene rings is 2. The Bertz CT molecular complexity index is 752. The van der Waals surface area contributed by atoms with E-state index in [1.807, 2.05) is 23.1 Å². The van der Waals surface area contributed by atoms with Gasteiger partial charge in [-0.3, -0.25) is 9.69 Å². The lowest BCUT2D eigenvalue weighted by Gasteiger charge is -2.47. The molecule has 0 unspecified atom stereocenters. The van der Waals surface area contributed by atoms with E-state index in [1.165, 1.54) is 11.1 Å². The lowest BCUT2D eigenvalue weighted by Crippen LogP contribution is -2.53.